The molecule has 0 amide bonds. The van der Waals surface area contributed by atoms with Crippen LogP contribution in [-0.2, 0) is 14.3 Å². The van der Waals surface area contributed by atoms with Gasteiger partial charge in [-0.05, 0) is 40.3 Å². The standard InChI is InChI=1S/C11H9F2IO4/c1-6(15)18-9(11(12,13)10(16)17)7-2-4-8(14)5-3-7/h2-5,9H,1H3,(H,16,17)/p-1. The average Bonchev–Trinajstić information content (AvgIpc) is 2.26. The molecule has 0 fully saturated rings. The number of ether oxygens (including phenoxy) is 1. The number of carbonyl (C=O) groups excluding carboxylic acids is 2. The maximum Gasteiger partial charge on any atom is 0.327 e. The molecule has 98 valence electrons. The van der Waals surface area contributed by atoms with Gasteiger partial charge in [0.15, 0.2) is 6.10 Å². The monoisotopic (exact) mass is 369 g/mol. The second-order valence-corrected chi connectivity index (χ2v) is 4.70. The number of rotatable bonds is 4. The third-order valence-electron chi connectivity index (χ3n) is 2.06. The van der Waals surface area contributed by atoms with E-state index in [0.717, 1.165) is 10.5 Å². The Labute approximate surface area is 115 Å². The Morgan fingerprint density at radius 3 is 2.22 bits per heavy atom. The summed E-state index contributed by atoms with van der Waals surface area (Å²) >= 11 is 1.96. The molecule has 18 heavy (non-hydrogen) atoms. The number of carboxylic acids is 1. The zero-order chi connectivity index (χ0) is 13.9. The highest BCUT2D eigenvalue weighted by Crippen LogP contribution is 2.34. The van der Waals surface area contributed by atoms with Crippen LogP contribution in [-0.4, -0.2) is 17.9 Å². The summed E-state index contributed by atoms with van der Waals surface area (Å²) in [6, 6.07) is 5.54. The highest BCUT2D eigenvalue weighted by molar-refractivity contribution is 14.1. The van der Waals surface area contributed by atoms with E-state index in [4.69, 9.17) is 0 Å². The molecule has 0 spiro atoms. The topological polar surface area (TPSA) is 66.4 Å². The van der Waals surface area contributed by atoms with E-state index in [0.29, 0.717) is 0 Å². The van der Waals surface area contributed by atoms with Gasteiger partial charge in [-0.25, -0.2) is 0 Å². The lowest BCUT2D eigenvalue weighted by atomic mass is 10.0. The number of halogens is 3. The Kier molecular flexibility index (Phi) is 4.60. The van der Waals surface area contributed by atoms with E-state index >= 15 is 0 Å². The molecular formula is C11H8F2IO4-. The summed E-state index contributed by atoms with van der Waals surface area (Å²) in [4.78, 5) is 21.2. The minimum Gasteiger partial charge on any atom is -0.544 e. The molecule has 7 heteroatoms. The molecule has 1 aromatic rings. The van der Waals surface area contributed by atoms with Gasteiger partial charge in [-0.15, -0.1) is 0 Å². The van der Waals surface area contributed by atoms with E-state index in [1.807, 2.05) is 22.6 Å². The van der Waals surface area contributed by atoms with Crippen LogP contribution in [0.15, 0.2) is 24.3 Å². The van der Waals surface area contributed by atoms with Gasteiger partial charge in [0.2, 0.25) is 0 Å². The van der Waals surface area contributed by atoms with Gasteiger partial charge in [-0.1, -0.05) is 12.1 Å². The third-order valence-corrected chi connectivity index (χ3v) is 2.78. The van der Waals surface area contributed by atoms with Crippen molar-refractivity contribution in [2.75, 3.05) is 0 Å². The maximum absolute atomic E-state index is 13.4. The number of aliphatic carboxylic acids is 1. The van der Waals surface area contributed by atoms with Crippen molar-refractivity contribution >= 4 is 34.5 Å². The van der Waals surface area contributed by atoms with E-state index < -0.39 is 24.0 Å². The molecule has 1 rings (SSSR count). The van der Waals surface area contributed by atoms with Crippen molar-refractivity contribution in [3.63, 3.8) is 0 Å². The molecule has 0 heterocycles. The van der Waals surface area contributed by atoms with E-state index in [9.17, 15) is 23.5 Å². The zero-order valence-electron chi connectivity index (χ0n) is 9.15. The van der Waals surface area contributed by atoms with Crippen LogP contribution in [0.1, 0.15) is 18.6 Å². The van der Waals surface area contributed by atoms with Gasteiger partial charge in [0.25, 0.3) is 0 Å². The molecule has 0 aliphatic rings. The van der Waals surface area contributed by atoms with Crippen molar-refractivity contribution in [3.8, 4) is 0 Å². The molecule has 1 unspecified atom stereocenters. The highest BCUT2D eigenvalue weighted by Gasteiger charge is 2.45. The number of esters is 1. The summed E-state index contributed by atoms with van der Waals surface area (Å²) in [5.74, 6) is -7.88. The molecule has 0 N–H and O–H groups in total. The first kappa shape index (κ1) is 14.8. The number of hydrogen-bond acceptors (Lipinski definition) is 4. The first-order chi connectivity index (χ1) is 8.25. The molecule has 0 aromatic heterocycles. The molecular weight excluding hydrogens is 361 g/mol. The maximum atomic E-state index is 13.4. The van der Waals surface area contributed by atoms with E-state index in [1.165, 1.54) is 24.3 Å². The lowest BCUT2D eigenvalue weighted by Gasteiger charge is -2.27. The van der Waals surface area contributed by atoms with Crippen molar-refractivity contribution < 1.29 is 28.2 Å². The number of carboxylic acid groups (broad SMARTS) is 1. The predicted molar refractivity (Wildman–Crippen MR) is 63.6 cm³/mol. The summed E-state index contributed by atoms with van der Waals surface area (Å²) in [6.07, 6.45) is -2.20. The van der Waals surface area contributed by atoms with Crippen LogP contribution in [0.25, 0.3) is 0 Å². The van der Waals surface area contributed by atoms with Gasteiger partial charge in [0, 0.05) is 10.5 Å². The number of alkyl halides is 2. The van der Waals surface area contributed by atoms with Crippen LogP contribution in [0.4, 0.5) is 8.78 Å². The second-order valence-electron chi connectivity index (χ2n) is 3.45. The van der Waals surface area contributed by atoms with Crippen molar-refractivity contribution in [2.24, 2.45) is 0 Å². The first-order valence-electron chi connectivity index (χ1n) is 4.77. The van der Waals surface area contributed by atoms with Gasteiger partial charge in [-0.2, -0.15) is 8.78 Å². The van der Waals surface area contributed by atoms with Crippen LogP contribution >= 0.6 is 22.6 Å². The third kappa shape index (κ3) is 3.37. The van der Waals surface area contributed by atoms with Crippen LogP contribution in [0, 0.1) is 3.57 Å². The average molecular weight is 369 g/mol. The molecule has 0 saturated carbocycles. The molecule has 1 aromatic carbocycles. The molecule has 0 aliphatic heterocycles. The van der Waals surface area contributed by atoms with Crippen molar-refractivity contribution in [1.82, 2.24) is 0 Å². The summed E-state index contributed by atoms with van der Waals surface area (Å²) < 4.78 is 32.0. The molecule has 0 saturated heterocycles. The Bertz CT molecular complexity index is 459. The second kappa shape index (κ2) is 5.59. The highest BCUT2D eigenvalue weighted by atomic mass is 127. The summed E-state index contributed by atoms with van der Waals surface area (Å²) in [5, 5.41) is 10.4. The largest absolute Gasteiger partial charge is 0.544 e. The lowest BCUT2D eigenvalue weighted by Crippen LogP contribution is -2.47. The fourth-order valence-electron chi connectivity index (χ4n) is 1.26. The fraction of sp³-hybridized carbons (Fsp3) is 0.273. The molecule has 0 radical (unpaired) electrons. The van der Waals surface area contributed by atoms with Crippen LogP contribution in [0.2, 0.25) is 0 Å². The van der Waals surface area contributed by atoms with E-state index in [2.05, 4.69) is 4.74 Å². The van der Waals surface area contributed by atoms with Crippen LogP contribution in [0.5, 0.6) is 0 Å². The van der Waals surface area contributed by atoms with Crippen molar-refractivity contribution in [3.05, 3.63) is 33.4 Å². The molecule has 0 bridgehead atoms. The summed E-state index contributed by atoms with van der Waals surface area (Å²) in [7, 11) is 0. The number of carbonyl (C=O) groups is 2. The molecule has 4 nitrogen and oxygen atoms in total. The van der Waals surface area contributed by atoms with Gasteiger partial charge in [0.1, 0.15) is 5.97 Å². The first-order valence-corrected chi connectivity index (χ1v) is 5.85. The Hall–Kier alpha value is -1.25. The summed E-state index contributed by atoms with van der Waals surface area (Å²) in [5.41, 5.74) is -0.111. The SMILES string of the molecule is CC(=O)OC(c1ccc(I)cc1)C(F)(F)C(=O)[O-]. The minimum atomic E-state index is -4.29. The molecule has 0 aliphatic carbocycles. The fourth-order valence-corrected chi connectivity index (χ4v) is 1.62. The van der Waals surface area contributed by atoms with Crippen molar-refractivity contribution in [1.29, 1.82) is 0 Å². The summed E-state index contributed by atoms with van der Waals surface area (Å²) in [6.45, 7) is 0.922. The van der Waals surface area contributed by atoms with Gasteiger partial charge in [0.05, 0.1) is 0 Å². The van der Waals surface area contributed by atoms with Crippen molar-refractivity contribution in [2.45, 2.75) is 19.0 Å². The number of benzene rings is 1. The quantitative estimate of drug-likeness (QED) is 0.593. The van der Waals surface area contributed by atoms with E-state index in [1.54, 1.807) is 0 Å². The zero-order valence-corrected chi connectivity index (χ0v) is 11.3. The molecule has 1 atom stereocenters. The Balaban J connectivity index is 3.17. The Morgan fingerprint density at radius 2 is 1.83 bits per heavy atom. The minimum absolute atomic E-state index is 0.111. The van der Waals surface area contributed by atoms with Crippen LogP contribution in [0.3, 0.4) is 0 Å². The van der Waals surface area contributed by atoms with Gasteiger partial charge < -0.3 is 14.6 Å². The smallest absolute Gasteiger partial charge is 0.327 e. The van der Waals surface area contributed by atoms with Gasteiger partial charge in [-0.3, -0.25) is 4.79 Å². The lowest BCUT2D eigenvalue weighted by molar-refractivity contribution is -0.336. The van der Waals surface area contributed by atoms with Crippen LogP contribution < -0.4 is 5.11 Å². The predicted octanol–water partition coefficient (Wildman–Crippen LogP) is 1.28. The Morgan fingerprint density at radius 1 is 1.33 bits per heavy atom. The van der Waals surface area contributed by atoms with E-state index in [-0.39, 0.29) is 5.56 Å². The normalized spacial score (nSPS) is 12.9. The number of hydrogen-bond donors (Lipinski definition) is 0. The van der Waals surface area contributed by atoms with Gasteiger partial charge >= 0.3 is 11.9 Å².